The molecule has 0 radical (unpaired) electrons. The highest BCUT2D eigenvalue weighted by Crippen LogP contribution is 2.42. The number of nitrogens with one attached hydrogen (secondary N) is 1. The zero-order valence-electron chi connectivity index (χ0n) is 21.5. The third-order valence-corrected chi connectivity index (χ3v) is 7.21. The van der Waals surface area contributed by atoms with Gasteiger partial charge in [0, 0.05) is 41.6 Å². The van der Waals surface area contributed by atoms with Crippen LogP contribution in [0.2, 0.25) is 0 Å². The van der Waals surface area contributed by atoms with Gasteiger partial charge in [0.25, 0.3) is 11.8 Å². The molecule has 2 aliphatic rings. The maximum absolute atomic E-state index is 15.2. The minimum atomic E-state index is -3.72. The number of amides is 1. The van der Waals surface area contributed by atoms with Gasteiger partial charge < -0.3 is 20.1 Å². The minimum absolute atomic E-state index is 0.00219. The van der Waals surface area contributed by atoms with Crippen molar-refractivity contribution in [2.75, 3.05) is 38.3 Å². The number of hydrogen-bond acceptors (Lipinski definition) is 6. The molecule has 0 aliphatic carbocycles. The monoisotopic (exact) mass is 544 g/mol. The Morgan fingerprint density at radius 3 is 2.77 bits per heavy atom. The van der Waals surface area contributed by atoms with E-state index in [0.29, 0.717) is 54.3 Å². The SMILES string of the molecule is Cc1nc(N[C@H](C)c2cccc(C(F)(F)CO)c2F)c2cc(C3=CCN(C(=O)CF)CC3)c3c(c2n1)CCO3. The molecule has 1 aromatic heterocycles. The summed E-state index contributed by atoms with van der Waals surface area (Å²) in [6, 6.07) is 4.84. The van der Waals surface area contributed by atoms with Gasteiger partial charge in [0.15, 0.2) is 6.67 Å². The molecule has 5 rings (SSSR count). The number of ether oxygens (including phenoxy) is 1. The molecule has 2 N–H and O–H groups in total. The Bertz CT molecular complexity index is 1480. The van der Waals surface area contributed by atoms with Crippen molar-refractivity contribution in [3.05, 3.63) is 64.2 Å². The van der Waals surface area contributed by atoms with E-state index in [2.05, 4.69) is 15.3 Å². The average molecular weight is 545 g/mol. The Morgan fingerprint density at radius 1 is 1.28 bits per heavy atom. The first-order chi connectivity index (χ1) is 18.6. The van der Waals surface area contributed by atoms with Crippen LogP contribution in [0.25, 0.3) is 16.5 Å². The van der Waals surface area contributed by atoms with E-state index < -0.39 is 42.5 Å². The molecule has 1 amide bonds. The molecule has 206 valence electrons. The lowest BCUT2D eigenvalue weighted by Crippen LogP contribution is -2.35. The minimum Gasteiger partial charge on any atom is -0.492 e. The van der Waals surface area contributed by atoms with Gasteiger partial charge in [-0.15, -0.1) is 0 Å². The van der Waals surface area contributed by atoms with Crippen LogP contribution in [-0.4, -0.2) is 58.9 Å². The molecule has 3 heterocycles. The maximum Gasteiger partial charge on any atom is 0.298 e. The zero-order chi connectivity index (χ0) is 27.9. The maximum atomic E-state index is 15.2. The van der Waals surface area contributed by atoms with Gasteiger partial charge >= 0.3 is 0 Å². The van der Waals surface area contributed by atoms with Gasteiger partial charge in [-0.3, -0.25) is 4.79 Å². The summed E-state index contributed by atoms with van der Waals surface area (Å²) in [5, 5.41) is 12.9. The van der Waals surface area contributed by atoms with Crippen LogP contribution in [-0.2, 0) is 17.1 Å². The Balaban J connectivity index is 1.56. The molecule has 11 heteroatoms. The van der Waals surface area contributed by atoms with Gasteiger partial charge in [0.1, 0.15) is 29.8 Å². The van der Waals surface area contributed by atoms with E-state index in [0.717, 1.165) is 22.8 Å². The zero-order valence-corrected chi connectivity index (χ0v) is 21.5. The second kappa shape index (κ2) is 10.4. The normalized spacial score (nSPS) is 16.1. The Morgan fingerprint density at radius 2 is 2.08 bits per heavy atom. The van der Waals surface area contributed by atoms with E-state index in [1.54, 1.807) is 13.8 Å². The first kappa shape index (κ1) is 26.9. The Kier molecular flexibility index (Phi) is 7.19. The number of aliphatic hydroxyl groups excluding tert-OH is 1. The molecule has 0 spiro atoms. The van der Waals surface area contributed by atoms with Crippen molar-refractivity contribution < 1.29 is 32.2 Å². The number of hydrogen-bond donors (Lipinski definition) is 2. The van der Waals surface area contributed by atoms with Gasteiger partial charge in [0.05, 0.1) is 23.7 Å². The third-order valence-electron chi connectivity index (χ3n) is 7.21. The van der Waals surface area contributed by atoms with Crippen molar-refractivity contribution in [1.29, 1.82) is 0 Å². The van der Waals surface area contributed by atoms with Crippen LogP contribution in [0.15, 0.2) is 30.3 Å². The van der Waals surface area contributed by atoms with Gasteiger partial charge in [-0.1, -0.05) is 18.2 Å². The van der Waals surface area contributed by atoms with Crippen LogP contribution in [0.3, 0.4) is 0 Å². The number of halogens is 4. The summed E-state index contributed by atoms with van der Waals surface area (Å²) in [4.78, 5) is 22.4. The van der Waals surface area contributed by atoms with Crippen molar-refractivity contribution in [2.24, 2.45) is 0 Å². The largest absolute Gasteiger partial charge is 0.492 e. The van der Waals surface area contributed by atoms with Crippen molar-refractivity contribution in [3.63, 3.8) is 0 Å². The number of aryl methyl sites for hydroxylation is 1. The molecule has 0 saturated carbocycles. The predicted molar refractivity (Wildman–Crippen MR) is 138 cm³/mol. The number of alkyl halides is 3. The summed E-state index contributed by atoms with van der Waals surface area (Å²) >= 11 is 0. The standard InChI is InChI=1S/C28H28F4N4O3/c1-15(18-4-3-5-22(24(18)30)28(31,32)14-37)33-27-21-12-20(17-6-9-36(10-7-17)23(38)13-29)26-19(8-11-39-26)25(21)34-16(2)35-27/h3-6,12,15,37H,7-11,13-14H2,1-2H3,(H,33,34,35)/t15-/m1/s1. The number of nitrogens with zero attached hydrogens (tertiary/aromatic N) is 3. The Hall–Kier alpha value is -3.73. The lowest BCUT2D eigenvalue weighted by atomic mass is 9.93. The highest BCUT2D eigenvalue weighted by Gasteiger charge is 2.35. The van der Waals surface area contributed by atoms with E-state index in [4.69, 9.17) is 9.84 Å². The summed E-state index contributed by atoms with van der Waals surface area (Å²) < 4.78 is 62.2. The van der Waals surface area contributed by atoms with Crippen molar-refractivity contribution in [3.8, 4) is 5.75 Å². The van der Waals surface area contributed by atoms with Gasteiger partial charge in [-0.05, 0) is 38.0 Å². The highest BCUT2D eigenvalue weighted by molar-refractivity contribution is 5.97. The fourth-order valence-corrected chi connectivity index (χ4v) is 5.19. The molecular weight excluding hydrogens is 516 g/mol. The molecule has 2 aliphatic heterocycles. The summed E-state index contributed by atoms with van der Waals surface area (Å²) in [7, 11) is 0. The summed E-state index contributed by atoms with van der Waals surface area (Å²) in [5.41, 5.74) is 2.48. The topological polar surface area (TPSA) is 87.6 Å². The summed E-state index contributed by atoms with van der Waals surface area (Å²) in [6.07, 6.45) is 3.01. The smallest absolute Gasteiger partial charge is 0.298 e. The fourth-order valence-electron chi connectivity index (χ4n) is 5.19. The highest BCUT2D eigenvalue weighted by atomic mass is 19.3. The van der Waals surface area contributed by atoms with Gasteiger partial charge in [0.2, 0.25) is 0 Å². The number of anilines is 1. The molecule has 7 nitrogen and oxygen atoms in total. The number of rotatable bonds is 7. The lowest BCUT2D eigenvalue weighted by Gasteiger charge is -2.26. The van der Waals surface area contributed by atoms with Crippen LogP contribution in [0.1, 0.15) is 47.5 Å². The quantitative estimate of drug-likeness (QED) is 0.414. The Labute approximate surface area is 222 Å². The third kappa shape index (κ3) is 4.91. The molecule has 0 saturated heterocycles. The van der Waals surface area contributed by atoms with Crippen molar-refractivity contribution in [1.82, 2.24) is 14.9 Å². The van der Waals surface area contributed by atoms with E-state index in [1.165, 1.54) is 17.0 Å². The molecule has 3 aromatic rings. The second-order valence-corrected chi connectivity index (χ2v) is 9.74. The van der Waals surface area contributed by atoms with Crippen LogP contribution < -0.4 is 10.1 Å². The van der Waals surface area contributed by atoms with E-state index in [1.807, 2.05) is 12.1 Å². The van der Waals surface area contributed by atoms with Crippen LogP contribution in [0, 0.1) is 12.7 Å². The predicted octanol–water partition coefficient (Wildman–Crippen LogP) is 4.85. The number of aromatic nitrogens is 2. The first-order valence-corrected chi connectivity index (χ1v) is 12.7. The number of fused-ring (bicyclic) bond motifs is 3. The number of carbonyl (C=O) groups excluding carboxylic acids is 1. The van der Waals surface area contributed by atoms with Crippen molar-refractivity contribution in [2.45, 2.75) is 38.7 Å². The second-order valence-electron chi connectivity index (χ2n) is 9.74. The molecule has 0 unspecified atom stereocenters. The molecule has 39 heavy (non-hydrogen) atoms. The number of benzene rings is 2. The number of aliphatic hydroxyl groups is 1. The average Bonchev–Trinajstić information content (AvgIpc) is 3.43. The first-order valence-electron chi connectivity index (χ1n) is 12.7. The molecule has 0 bridgehead atoms. The van der Waals surface area contributed by atoms with Crippen LogP contribution >= 0.6 is 0 Å². The molecular formula is C28H28F4N4O3. The van der Waals surface area contributed by atoms with Gasteiger partial charge in [-0.2, -0.15) is 8.78 Å². The van der Waals surface area contributed by atoms with Crippen LogP contribution in [0.4, 0.5) is 23.4 Å². The molecule has 2 aromatic carbocycles. The lowest BCUT2D eigenvalue weighted by molar-refractivity contribution is -0.131. The summed E-state index contributed by atoms with van der Waals surface area (Å²) in [6.45, 7) is 1.96. The van der Waals surface area contributed by atoms with E-state index >= 15 is 4.39 Å². The molecule has 0 fully saturated rings. The number of carbonyl (C=O) groups is 1. The van der Waals surface area contributed by atoms with Crippen LogP contribution in [0.5, 0.6) is 5.75 Å². The van der Waals surface area contributed by atoms with Gasteiger partial charge in [-0.25, -0.2) is 18.7 Å². The molecule has 1 atom stereocenters. The van der Waals surface area contributed by atoms with E-state index in [9.17, 15) is 18.0 Å². The van der Waals surface area contributed by atoms with E-state index in [-0.39, 0.29) is 12.1 Å². The van der Waals surface area contributed by atoms with Crippen molar-refractivity contribution >= 4 is 28.2 Å². The summed E-state index contributed by atoms with van der Waals surface area (Å²) in [5.74, 6) is -3.78. The fraction of sp³-hybridized carbons (Fsp3) is 0.393.